The summed E-state index contributed by atoms with van der Waals surface area (Å²) in [5.74, 6) is 1.26. The van der Waals surface area contributed by atoms with Crippen molar-refractivity contribution in [3.63, 3.8) is 0 Å². The van der Waals surface area contributed by atoms with Crippen molar-refractivity contribution in [2.24, 2.45) is 15.0 Å². The van der Waals surface area contributed by atoms with Crippen LogP contribution in [0.2, 0.25) is 0 Å². The van der Waals surface area contributed by atoms with Gasteiger partial charge in [-0.15, -0.1) is 4.40 Å². The Morgan fingerprint density at radius 1 is 1.41 bits per heavy atom. The standard InChI is InChI=1S/C10H23N3O2S2/c1-10(2,8-16)7-5-4-6-9(12-3)13-17(11,14)15/h16H,4-8H2,1-3H3,(H,12,13)(H2,11,14,15). The fourth-order valence-corrected chi connectivity index (χ4v) is 1.99. The molecule has 0 aromatic carbocycles. The highest BCUT2D eigenvalue weighted by Gasteiger charge is 2.14. The van der Waals surface area contributed by atoms with Crippen LogP contribution >= 0.6 is 12.6 Å². The number of amidine groups is 1. The molecule has 0 aliphatic heterocycles. The number of hydrogen-bond donors (Lipinski definition) is 3. The van der Waals surface area contributed by atoms with Crippen LogP contribution in [-0.2, 0) is 10.2 Å². The lowest BCUT2D eigenvalue weighted by Gasteiger charge is -2.21. The fraction of sp³-hybridized carbons (Fsp3) is 0.900. The Labute approximate surface area is 110 Å². The smallest absolute Gasteiger partial charge is 0.318 e. The van der Waals surface area contributed by atoms with Crippen molar-refractivity contribution in [1.82, 2.24) is 5.32 Å². The number of rotatable bonds is 7. The summed E-state index contributed by atoms with van der Waals surface area (Å²) in [6.45, 7) is 4.33. The van der Waals surface area contributed by atoms with Crippen molar-refractivity contribution in [3.8, 4) is 0 Å². The molecule has 0 bridgehead atoms. The SMILES string of the molecule is CN/C(CCCCC(C)(C)CS)=N\S(N)(=O)=O. The number of hydrogen-bond acceptors (Lipinski definition) is 3. The first-order valence-corrected chi connectivity index (χ1v) is 7.74. The number of nitrogens with two attached hydrogens (primary N) is 1. The Hall–Kier alpha value is -0.270. The largest absolute Gasteiger partial charge is 0.376 e. The third kappa shape index (κ3) is 9.43. The molecule has 7 heteroatoms. The van der Waals surface area contributed by atoms with Gasteiger partial charge in [0.15, 0.2) is 0 Å². The van der Waals surface area contributed by atoms with Crippen molar-refractivity contribution in [2.45, 2.75) is 39.5 Å². The van der Waals surface area contributed by atoms with E-state index in [0.29, 0.717) is 12.3 Å². The predicted octanol–water partition coefficient (Wildman–Crippen LogP) is 1.32. The Morgan fingerprint density at radius 3 is 2.41 bits per heavy atom. The third-order valence-electron chi connectivity index (χ3n) is 2.47. The summed E-state index contributed by atoms with van der Waals surface area (Å²) < 4.78 is 25.0. The Kier molecular flexibility index (Phi) is 7.11. The van der Waals surface area contributed by atoms with E-state index in [0.717, 1.165) is 25.0 Å². The first-order valence-electron chi connectivity index (χ1n) is 5.60. The summed E-state index contributed by atoms with van der Waals surface area (Å²) in [7, 11) is -2.15. The second-order valence-corrected chi connectivity index (χ2v) is 6.36. The summed E-state index contributed by atoms with van der Waals surface area (Å²) in [4.78, 5) is 0. The lowest BCUT2D eigenvalue weighted by molar-refractivity contribution is 0.371. The molecule has 0 fully saturated rings. The molecule has 0 aromatic heterocycles. The Bertz CT molecular complexity index is 351. The summed E-state index contributed by atoms with van der Waals surface area (Å²) in [5, 5.41) is 7.59. The summed E-state index contributed by atoms with van der Waals surface area (Å²) in [6, 6.07) is 0. The van der Waals surface area contributed by atoms with Crippen LogP contribution in [0.3, 0.4) is 0 Å². The zero-order valence-corrected chi connectivity index (χ0v) is 12.4. The second kappa shape index (κ2) is 7.23. The molecule has 0 unspecified atom stereocenters. The van der Waals surface area contributed by atoms with Gasteiger partial charge in [-0.3, -0.25) is 0 Å². The molecule has 102 valence electrons. The molecule has 0 atom stereocenters. The fourth-order valence-electron chi connectivity index (χ4n) is 1.34. The average molecular weight is 281 g/mol. The van der Waals surface area contributed by atoms with Crippen LogP contribution in [0.4, 0.5) is 0 Å². The number of unbranched alkanes of at least 4 members (excludes halogenated alkanes) is 1. The first-order chi connectivity index (χ1) is 7.70. The maximum atomic E-state index is 10.8. The molecule has 0 saturated heterocycles. The molecule has 0 aliphatic rings. The van der Waals surface area contributed by atoms with E-state index in [-0.39, 0.29) is 5.41 Å². The van der Waals surface area contributed by atoms with Gasteiger partial charge < -0.3 is 5.32 Å². The summed E-state index contributed by atoms with van der Waals surface area (Å²) >= 11 is 4.29. The molecular formula is C10H23N3O2S2. The molecule has 0 saturated carbocycles. The molecular weight excluding hydrogens is 258 g/mol. The van der Waals surface area contributed by atoms with Crippen LogP contribution in [0.15, 0.2) is 4.40 Å². The molecule has 5 nitrogen and oxygen atoms in total. The third-order valence-corrected chi connectivity index (χ3v) is 3.80. The van der Waals surface area contributed by atoms with Crippen LogP contribution in [-0.4, -0.2) is 27.1 Å². The van der Waals surface area contributed by atoms with Crippen molar-refractivity contribution in [3.05, 3.63) is 0 Å². The zero-order valence-electron chi connectivity index (χ0n) is 10.7. The van der Waals surface area contributed by atoms with Gasteiger partial charge in [-0.05, 0) is 24.0 Å². The lowest BCUT2D eigenvalue weighted by atomic mass is 9.89. The lowest BCUT2D eigenvalue weighted by Crippen LogP contribution is -2.22. The van der Waals surface area contributed by atoms with Gasteiger partial charge in [0.1, 0.15) is 5.84 Å². The topological polar surface area (TPSA) is 84.5 Å². The van der Waals surface area contributed by atoms with Crippen molar-refractivity contribution in [1.29, 1.82) is 0 Å². The zero-order chi connectivity index (χ0) is 13.5. The Morgan fingerprint density at radius 2 is 2.00 bits per heavy atom. The van der Waals surface area contributed by atoms with Gasteiger partial charge in [0.05, 0.1) is 0 Å². The molecule has 0 amide bonds. The van der Waals surface area contributed by atoms with E-state index in [1.165, 1.54) is 0 Å². The van der Waals surface area contributed by atoms with Crippen LogP contribution < -0.4 is 10.5 Å². The van der Waals surface area contributed by atoms with Gasteiger partial charge in [0, 0.05) is 13.5 Å². The van der Waals surface area contributed by atoms with Crippen LogP contribution in [0.5, 0.6) is 0 Å². The average Bonchev–Trinajstić information content (AvgIpc) is 2.21. The first kappa shape index (κ1) is 16.7. The maximum absolute atomic E-state index is 10.8. The highest BCUT2D eigenvalue weighted by Crippen LogP contribution is 2.24. The van der Waals surface area contributed by atoms with E-state index in [1.807, 2.05) is 0 Å². The van der Waals surface area contributed by atoms with E-state index >= 15 is 0 Å². The van der Waals surface area contributed by atoms with Crippen molar-refractivity contribution in [2.75, 3.05) is 12.8 Å². The van der Waals surface area contributed by atoms with E-state index in [2.05, 4.69) is 36.2 Å². The molecule has 0 spiro atoms. The van der Waals surface area contributed by atoms with Gasteiger partial charge in [0.25, 0.3) is 0 Å². The van der Waals surface area contributed by atoms with Crippen molar-refractivity contribution < 1.29 is 8.42 Å². The minimum atomic E-state index is -3.79. The second-order valence-electron chi connectivity index (χ2n) is 4.83. The van der Waals surface area contributed by atoms with Crippen LogP contribution in [0, 0.1) is 5.41 Å². The molecule has 0 radical (unpaired) electrons. The van der Waals surface area contributed by atoms with Crippen LogP contribution in [0.1, 0.15) is 39.5 Å². The van der Waals surface area contributed by atoms with E-state index in [9.17, 15) is 8.42 Å². The Balaban J connectivity index is 4.07. The van der Waals surface area contributed by atoms with Gasteiger partial charge in [-0.1, -0.05) is 20.3 Å². The molecule has 3 N–H and O–H groups in total. The number of nitrogens with one attached hydrogen (secondary N) is 1. The van der Waals surface area contributed by atoms with Gasteiger partial charge in [-0.25, -0.2) is 5.14 Å². The number of nitrogens with zero attached hydrogens (tertiary/aromatic N) is 1. The normalized spacial score (nSPS) is 13.8. The quantitative estimate of drug-likeness (QED) is 0.285. The van der Waals surface area contributed by atoms with Crippen molar-refractivity contribution >= 4 is 28.7 Å². The van der Waals surface area contributed by atoms with E-state index < -0.39 is 10.2 Å². The molecule has 0 heterocycles. The molecule has 0 aromatic rings. The minimum absolute atomic E-state index is 0.222. The summed E-state index contributed by atoms with van der Waals surface area (Å²) in [5.41, 5.74) is 0.222. The molecule has 17 heavy (non-hydrogen) atoms. The summed E-state index contributed by atoms with van der Waals surface area (Å²) in [6.07, 6.45) is 3.55. The van der Waals surface area contributed by atoms with Gasteiger partial charge in [0.2, 0.25) is 0 Å². The van der Waals surface area contributed by atoms with E-state index in [4.69, 9.17) is 5.14 Å². The molecule has 0 rings (SSSR count). The number of thiol groups is 1. The van der Waals surface area contributed by atoms with Gasteiger partial charge in [-0.2, -0.15) is 21.0 Å². The monoisotopic (exact) mass is 281 g/mol. The minimum Gasteiger partial charge on any atom is -0.376 e. The highest BCUT2D eigenvalue weighted by molar-refractivity contribution is 7.88. The molecule has 0 aliphatic carbocycles. The highest BCUT2D eigenvalue weighted by atomic mass is 32.2. The van der Waals surface area contributed by atoms with Crippen LogP contribution in [0.25, 0.3) is 0 Å². The maximum Gasteiger partial charge on any atom is 0.318 e. The van der Waals surface area contributed by atoms with Gasteiger partial charge >= 0.3 is 10.2 Å². The predicted molar refractivity (Wildman–Crippen MR) is 75.7 cm³/mol. The van der Waals surface area contributed by atoms with E-state index in [1.54, 1.807) is 7.05 Å².